The molecule has 0 spiro atoms. The van der Waals surface area contributed by atoms with Crippen LogP contribution < -0.4 is 10.1 Å². The van der Waals surface area contributed by atoms with Crippen LogP contribution in [0.5, 0.6) is 11.5 Å². The molecule has 0 atom stereocenters. The maximum absolute atomic E-state index is 13.3. The van der Waals surface area contributed by atoms with E-state index in [1.54, 1.807) is 43.0 Å². The molecule has 3 aromatic heterocycles. The van der Waals surface area contributed by atoms with Crippen molar-refractivity contribution in [2.24, 2.45) is 0 Å². The van der Waals surface area contributed by atoms with Crippen LogP contribution in [0.2, 0.25) is 0 Å². The number of fused-ring (bicyclic) bond motifs is 2. The van der Waals surface area contributed by atoms with Gasteiger partial charge in [-0.3, -0.25) is 14.6 Å². The molecule has 5 aromatic rings. The van der Waals surface area contributed by atoms with Gasteiger partial charge in [-0.2, -0.15) is 0 Å². The number of thiazole rings is 1. The Morgan fingerprint density at radius 1 is 1.03 bits per heavy atom. The fourth-order valence-electron chi connectivity index (χ4n) is 4.95. The highest BCUT2D eigenvalue weighted by atomic mass is 32.1. The zero-order valence-electron chi connectivity index (χ0n) is 21.1. The van der Waals surface area contributed by atoms with Crippen molar-refractivity contribution in [2.45, 2.75) is 18.8 Å². The van der Waals surface area contributed by atoms with Crippen LogP contribution in [0.15, 0.2) is 66.2 Å². The monoisotopic (exact) mass is 539 g/mol. The van der Waals surface area contributed by atoms with Crippen LogP contribution in [0.3, 0.4) is 0 Å². The number of nitrogens with zero attached hydrogens (tertiary/aromatic N) is 4. The third kappa shape index (κ3) is 4.74. The molecule has 39 heavy (non-hydrogen) atoms. The number of aromatic nitrogens is 3. The normalized spacial score (nSPS) is 14.0. The first kappa shape index (κ1) is 24.7. The van der Waals surface area contributed by atoms with Crippen LogP contribution in [0.1, 0.15) is 44.7 Å². The van der Waals surface area contributed by atoms with E-state index in [0.717, 1.165) is 28.8 Å². The largest absolute Gasteiger partial charge is 0.506 e. The van der Waals surface area contributed by atoms with Gasteiger partial charge in [0, 0.05) is 47.4 Å². The van der Waals surface area contributed by atoms with Gasteiger partial charge in [0.2, 0.25) is 0 Å². The molecule has 196 valence electrons. The van der Waals surface area contributed by atoms with E-state index in [2.05, 4.69) is 20.3 Å². The fourth-order valence-corrected chi connectivity index (χ4v) is 5.92. The number of benzene rings is 2. The van der Waals surface area contributed by atoms with Crippen molar-refractivity contribution in [1.82, 2.24) is 19.9 Å². The summed E-state index contributed by atoms with van der Waals surface area (Å²) in [5.41, 5.74) is 2.41. The molecule has 0 bridgehead atoms. The highest BCUT2D eigenvalue weighted by Gasteiger charge is 2.28. The van der Waals surface area contributed by atoms with Crippen LogP contribution in [-0.4, -0.2) is 57.0 Å². The SMILES string of the molecule is COc1cc(C(=O)N2CCC(c3nc(C(=O)Nc4ccc(O)c5ncccc45)cs3)CC2)nc2ccccc12. The number of amides is 2. The minimum Gasteiger partial charge on any atom is -0.506 e. The highest BCUT2D eigenvalue weighted by molar-refractivity contribution is 7.10. The number of pyridine rings is 2. The summed E-state index contributed by atoms with van der Waals surface area (Å²) in [5, 5.41) is 17.1. The number of phenols is 1. The number of hydrogen-bond donors (Lipinski definition) is 2. The van der Waals surface area contributed by atoms with Crippen molar-refractivity contribution in [3.63, 3.8) is 0 Å². The third-order valence-electron chi connectivity index (χ3n) is 7.00. The van der Waals surface area contributed by atoms with E-state index in [1.807, 2.05) is 29.2 Å². The molecule has 0 radical (unpaired) electrons. The molecule has 0 saturated carbocycles. The molecule has 1 aliphatic rings. The molecule has 10 heteroatoms. The van der Waals surface area contributed by atoms with Crippen molar-refractivity contribution in [3.05, 3.63) is 82.6 Å². The summed E-state index contributed by atoms with van der Waals surface area (Å²) in [6.07, 6.45) is 3.09. The molecule has 4 heterocycles. The first-order valence-corrected chi connectivity index (χ1v) is 13.5. The second kappa shape index (κ2) is 10.3. The molecule has 6 rings (SSSR count). The number of piperidine rings is 1. The maximum Gasteiger partial charge on any atom is 0.275 e. The Kier molecular flexibility index (Phi) is 6.54. The van der Waals surface area contributed by atoms with Gasteiger partial charge in [-0.1, -0.05) is 12.1 Å². The number of aromatic hydroxyl groups is 1. The van der Waals surface area contributed by atoms with Crippen molar-refractivity contribution in [2.75, 3.05) is 25.5 Å². The lowest BCUT2D eigenvalue weighted by Gasteiger charge is -2.31. The van der Waals surface area contributed by atoms with Gasteiger partial charge in [-0.25, -0.2) is 9.97 Å². The first-order chi connectivity index (χ1) is 19.0. The van der Waals surface area contributed by atoms with Crippen molar-refractivity contribution in [1.29, 1.82) is 0 Å². The summed E-state index contributed by atoms with van der Waals surface area (Å²) in [7, 11) is 1.59. The molecule has 1 fully saturated rings. The molecule has 2 amide bonds. The Morgan fingerprint density at radius 2 is 1.82 bits per heavy atom. The summed E-state index contributed by atoms with van der Waals surface area (Å²) < 4.78 is 5.50. The Morgan fingerprint density at radius 3 is 2.64 bits per heavy atom. The van der Waals surface area contributed by atoms with Crippen molar-refractivity contribution < 1.29 is 19.4 Å². The number of phenolic OH excluding ortho intramolecular Hbond substituents is 1. The minimum absolute atomic E-state index is 0.0555. The van der Waals surface area contributed by atoms with Crippen molar-refractivity contribution in [3.8, 4) is 11.5 Å². The first-order valence-electron chi connectivity index (χ1n) is 12.6. The molecular weight excluding hydrogens is 514 g/mol. The third-order valence-corrected chi connectivity index (χ3v) is 8.01. The van der Waals surface area contributed by atoms with Crippen LogP contribution in [0.4, 0.5) is 5.69 Å². The van der Waals surface area contributed by atoms with Crippen molar-refractivity contribution >= 4 is 50.6 Å². The van der Waals surface area contributed by atoms with Gasteiger partial charge in [0.05, 0.1) is 23.3 Å². The zero-order valence-corrected chi connectivity index (χ0v) is 21.9. The van der Waals surface area contributed by atoms with Gasteiger partial charge in [0.1, 0.15) is 28.4 Å². The summed E-state index contributed by atoms with van der Waals surface area (Å²) in [6, 6.07) is 16.0. The predicted molar refractivity (Wildman–Crippen MR) is 150 cm³/mol. The average molecular weight is 540 g/mol. The quantitative estimate of drug-likeness (QED) is 0.294. The number of anilines is 1. The van der Waals surface area contributed by atoms with Crippen LogP contribution in [0, 0.1) is 0 Å². The average Bonchev–Trinajstić information content (AvgIpc) is 3.48. The van der Waals surface area contributed by atoms with Gasteiger partial charge in [0.25, 0.3) is 11.8 Å². The van der Waals surface area contributed by atoms with E-state index in [-0.39, 0.29) is 23.5 Å². The van der Waals surface area contributed by atoms with E-state index in [0.29, 0.717) is 46.8 Å². The molecule has 0 aliphatic carbocycles. The summed E-state index contributed by atoms with van der Waals surface area (Å²) in [5.74, 6) is 0.409. The van der Waals surface area contributed by atoms with Gasteiger partial charge in [0.15, 0.2) is 0 Å². The zero-order chi connectivity index (χ0) is 26.9. The van der Waals surface area contributed by atoms with E-state index in [1.165, 1.54) is 17.4 Å². The lowest BCUT2D eigenvalue weighted by molar-refractivity contribution is 0.0707. The Bertz CT molecular complexity index is 1710. The molecular formula is C29H25N5O4S. The number of likely N-dealkylation sites (tertiary alicyclic amines) is 1. The molecule has 2 aromatic carbocycles. The summed E-state index contributed by atoms with van der Waals surface area (Å²) in [6.45, 7) is 1.15. The number of nitrogens with one attached hydrogen (secondary N) is 1. The summed E-state index contributed by atoms with van der Waals surface area (Å²) >= 11 is 1.46. The molecule has 9 nitrogen and oxygen atoms in total. The number of para-hydroxylation sites is 1. The lowest BCUT2D eigenvalue weighted by Crippen LogP contribution is -2.38. The maximum atomic E-state index is 13.3. The molecule has 2 N–H and O–H groups in total. The minimum atomic E-state index is -0.322. The number of methoxy groups -OCH3 is 1. The van der Waals surface area contributed by atoms with Gasteiger partial charge >= 0.3 is 0 Å². The second-order valence-corrected chi connectivity index (χ2v) is 10.2. The van der Waals surface area contributed by atoms with Gasteiger partial charge in [-0.15, -0.1) is 11.3 Å². The van der Waals surface area contributed by atoms with E-state index in [9.17, 15) is 14.7 Å². The predicted octanol–water partition coefficient (Wildman–Crippen LogP) is 5.23. The molecule has 0 unspecified atom stereocenters. The van der Waals surface area contributed by atoms with Gasteiger partial charge < -0.3 is 20.1 Å². The van der Waals surface area contributed by atoms with E-state index in [4.69, 9.17) is 4.74 Å². The number of rotatable bonds is 5. The Hall–Kier alpha value is -4.57. The highest BCUT2D eigenvalue weighted by Crippen LogP contribution is 2.33. The smallest absolute Gasteiger partial charge is 0.275 e. The van der Waals surface area contributed by atoms with Crippen LogP contribution in [-0.2, 0) is 0 Å². The van der Waals surface area contributed by atoms with Gasteiger partial charge in [-0.05, 0) is 49.2 Å². The Balaban J connectivity index is 1.12. The number of hydrogen-bond acceptors (Lipinski definition) is 8. The molecule has 1 aliphatic heterocycles. The standard InChI is InChI=1S/C29H25N5O4S/c1-38-25-15-22(31-20-7-3-2-5-18(20)25)29(37)34-13-10-17(11-14-34)28-33-23(16-39-28)27(36)32-21-8-9-24(35)26-19(21)6-4-12-30-26/h2-9,12,15-17,35H,10-11,13-14H2,1H3,(H,32,36). The lowest BCUT2D eigenvalue weighted by atomic mass is 9.97. The number of carbonyl (C=O) groups is 2. The number of ether oxygens (including phenoxy) is 1. The summed E-state index contributed by atoms with van der Waals surface area (Å²) in [4.78, 5) is 41.4. The van der Waals surface area contributed by atoms with E-state index >= 15 is 0 Å². The van der Waals surface area contributed by atoms with Crippen LogP contribution in [0.25, 0.3) is 21.8 Å². The Labute approximate surface area is 228 Å². The fraction of sp³-hybridized carbons (Fsp3) is 0.207. The number of carbonyl (C=O) groups excluding carboxylic acids is 2. The van der Waals surface area contributed by atoms with E-state index < -0.39 is 0 Å². The topological polar surface area (TPSA) is 118 Å². The second-order valence-electron chi connectivity index (χ2n) is 9.35. The van der Waals surface area contributed by atoms with Crippen LogP contribution >= 0.6 is 11.3 Å². The molecule has 1 saturated heterocycles.